The zero-order chi connectivity index (χ0) is 7.40. The second-order valence-electron chi connectivity index (χ2n) is 2.03. The van der Waals surface area contributed by atoms with E-state index >= 15 is 0 Å². The van der Waals surface area contributed by atoms with Crippen molar-refractivity contribution < 1.29 is 9.53 Å². The van der Waals surface area contributed by atoms with Crippen LogP contribution in [0.2, 0.25) is 0 Å². The van der Waals surface area contributed by atoms with E-state index in [1.807, 2.05) is 6.92 Å². The summed E-state index contributed by atoms with van der Waals surface area (Å²) in [4.78, 5) is 10.7. The van der Waals surface area contributed by atoms with E-state index in [1.165, 1.54) is 0 Å². The van der Waals surface area contributed by atoms with Gasteiger partial charge in [0.05, 0.1) is 5.75 Å². The van der Waals surface area contributed by atoms with Gasteiger partial charge in [0, 0.05) is 12.4 Å². The molecule has 1 aliphatic heterocycles. The Hall–Kier alpha value is -0.220. The summed E-state index contributed by atoms with van der Waals surface area (Å²) in [5.74, 6) is 1.53. The van der Waals surface area contributed by atoms with E-state index in [-0.39, 0.29) is 12.1 Å². The van der Waals surface area contributed by atoms with Crippen LogP contribution in [0.3, 0.4) is 0 Å². The standard InChI is InChI=1S/C6H11NO2S/c1-2-9-6-4-10-3-5(8)7-6/h6H,2-4H2,1H3,(H,7,8)/t6-/m0/s1. The van der Waals surface area contributed by atoms with E-state index in [0.717, 1.165) is 5.75 Å². The molecule has 1 N–H and O–H groups in total. The van der Waals surface area contributed by atoms with Crippen LogP contribution in [0, 0.1) is 0 Å². The summed E-state index contributed by atoms with van der Waals surface area (Å²) < 4.78 is 5.20. The monoisotopic (exact) mass is 161 g/mol. The number of hydrogen-bond donors (Lipinski definition) is 1. The van der Waals surface area contributed by atoms with Gasteiger partial charge in [-0.15, -0.1) is 11.8 Å². The molecule has 0 saturated carbocycles. The number of amides is 1. The molecule has 0 aromatic heterocycles. The van der Waals surface area contributed by atoms with Crippen molar-refractivity contribution in [1.29, 1.82) is 0 Å². The van der Waals surface area contributed by atoms with Gasteiger partial charge in [-0.25, -0.2) is 0 Å². The molecule has 0 aromatic carbocycles. The van der Waals surface area contributed by atoms with Crippen LogP contribution in [-0.2, 0) is 9.53 Å². The van der Waals surface area contributed by atoms with Crippen LogP contribution < -0.4 is 5.32 Å². The molecule has 0 radical (unpaired) electrons. The normalized spacial score (nSPS) is 26.1. The average Bonchev–Trinajstić information content (AvgIpc) is 1.88. The van der Waals surface area contributed by atoms with Crippen molar-refractivity contribution in [3.05, 3.63) is 0 Å². The third kappa shape index (κ3) is 2.19. The van der Waals surface area contributed by atoms with Crippen molar-refractivity contribution in [2.45, 2.75) is 13.2 Å². The zero-order valence-electron chi connectivity index (χ0n) is 5.92. The van der Waals surface area contributed by atoms with Crippen molar-refractivity contribution >= 4 is 17.7 Å². The summed E-state index contributed by atoms with van der Waals surface area (Å²) in [5, 5.41) is 2.74. The molecule has 1 amide bonds. The van der Waals surface area contributed by atoms with Crippen LogP contribution in [0.4, 0.5) is 0 Å². The van der Waals surface area contributed by atoms with Gasteiger partial charge < -0.3 is 10.1 Å². The molecule has 1 atom stereocenters. The molecule has 0 aromatic rings. The van der Waals surface area contributed by atoms with Gasteiger partial charge in [0.1, 0.15) is 6.23 Å². The highest BCUT2D eigenvalue weighted by Crippen LogP contribution is 2.08. The molecule has 1 fully saturated rings. The summed E-state index contributed by atoms with van der Waals surface area (Å²) in [7, 11) is 0. The maximum absolute atomic E-state index is 10.7. The molecule has 4 heteroatoms. The first-order chi connectivity index (χ1) is 4.83. The lowest BCUT2D eigenvalue weighted by atomic mass is 10.5. The van der Waals surface area contributed by atoms with Crippen molar-refractivity contribution in [2.24, 2.45) is 0 Å². The summed E-state index contributed by atoms with van der Waals surface area (Å²) in [6, 6.07) is 0. The molecular weight excluding hydrogens is 150 g/mol. The van der Waals surface area contributed by atoms with E-state index < -0.39 is 0 Å². The van der Waals surface area contributed by atoms with Gasteiger partial charge in [-0.05, 0) is 6.92 Å². The number of hydrogen-bond acceptors (Lipinski definition) is 3. The zero-order valence-corrected chi connectivity index (χ0v) is 6.74. The number of ether oxygens (including phenoxy) is 1. The van der Waals surface area contributed by atoms with Gasteiger partial charge in [-0.1, -0.05) is 0 Å². The molecule has 10 heavy (non-hydrogen) atoms. The average molecular weight is 161 g/mol. The fourth-order valence-corrected chi connectivity index (χ4v) is 1.59. The molecule has 1 aliphatic rings. The Morgan fingerprint density at radius 2 is 2.70 bits per heavy atom. The van der Waals surface area contributed by atoms with Gasteiger partial charge in [0.2, 0.25) is 5.91 Å². The maximum atomic E-state index is 10.7. The van der Waals surface area contributed by atoms with Gasteiger partial charge in [0.25, 0.3) is 0 Å². The van der Waals surface area contributed by atoms with Crippen molar-refractivity contribution in [1.82, 2.24) is 5.32 Å². The van der Waals surface area contributed by atoms with Gasteiger partial charge >= 0.3 is 0 Å². The van der Waals surface area contributed by atoms with Crippen LogP contribution in [0.25, 0.3) is 0 Å². The SMILES string of the molecule is CCO[C@H]1CSCC(=O)N1. The number of nitrogens with one attached hydrogen (secondary N) is 1. The van der Waals surface area contributed by atoms with Crippen LogP contribution >= 0.6 is 11.8 Å². The number of rotatable bonds is 2. The predicted molar refractivity (Wildman–Crippen MR) is 40.9 cm³/mol. The van der Waals surface area contributed by atoms with E-state index in [1.54, 1.807) is 11.8 Å². The highest BCUT2D eigenvalue weighted by Gasteiger charge is 2.17. The minimum absolute atomic E-state index is 0.0590. The van der Waals surface area contributed by atoms with Gasteiger partial charge in [-0.2, -0.15) is 0 Å². The highest BCUT2D eigenvalue weighted by molar-refractivity contribution is 8.00. The molecule has 1 rings (SSSR count). The number of carbonyl (C=O) groups is 1. The first kappa shape index (κ1) is 7.88. The molecular formula is C6H11NO2S. The second kappa shape index (κ2) is 3.83. The maximum Gasteiger partial charge on any atom is 0.232 e. The summed E-state index contributed by atoms with van der Waals surface area (Å²) in [6.07, 6.45) is -0.0590. The smallest absolute Gasteiger partial charge is 0.232 e. The van der Waals surface area contributed by atoms with Crippen molar-refractivity contribution in [2.75, 3.05) is 18.1 Å². The van der Waals surface area contributed by atoms with E-state index in [9.17, 15) is 4.79 Å². The lowest BCUT2D eigenvalue weighted by molar-refractivity contribution is -0.122. The third-order valence-corrected chi connectivity index (χ3v) is 2.20. The molecule has 0 spiro atoms. The summed E-state index contributed by atoms with van der Waals surface area (Å²) >= 11 is 1.61. The topological polar surface area (TPSA) is 38.3 Å². The first-order valence-corrected chi connectivity index (χ1v) is 4.47. The van der Waals surface area contributed by atoms with Crippen molar-refractivity contribution in [3.8, 4) is 0 Å². The molecule has 58 valence electrons. The molecule has 0 bridgehead atoms. The Morgan fingerprint density at radius 1 is 1.90 bits per heavy atom. The molecule has 1 heterocycles. The largest absolute Gasteiger partial charge is 0.358 e. The lowest BCUT2D eigenvalue weighted by Crippen LogP contribution is -2.43. The van der Waals surface area contributed by atoms with E-state index in [2.05, 4.69) is 5.32 Å². The fraction of sp³-hybridized carbons (Fsp3) is 0.833. The Bertz CT molecular complexity index is 127. The van der Waals surface area contributed by atoms with Crippen LogP contribution in [0.1, 0.15) is 6.92 Å². The summed E-state index contributed by atoms with van der Waals surface area (Å²) in [6.45, 7) is 2.58. The van der Waals surface area contributed by atoms with E-state index in [0.29, 0.717) is 12.4 Å². The van der Waals surface area contributed by atoms with E-state index in [4.69, 9.17) is 4.74 Å². The van der Waals surface area contributed by atoms with Crippen molar-refractivity contribution in [3.63, 3.8) is 0 Å². The lowest BCUT2D eigenvalue weighted by Gasteiger charge is -2.22. The highest BCUT2D eigenvalue weighted by atomic mass is 32.2. The summed E-state index contributed by atoms with van der Waals surface area (Å²) in [5.41, 5.74) is 0. The van der Waals surface area contributed by atoms with Crippen LogP contribution in [0.15, 0.2) is 0 Å². The fourth-order valence-electron chi connectivity index (χ4n) is 0.813. The Labute approximate surface area is 64.5 Å². The number of thioether (sulfide) groups is 1. The minimum Gasteiger partial charge on any atom is -0.358 e. The molecule has 1 saturated heterocycles. The molecule has 0 unspecified atom stereocenters. The van der Waals surface area contributed by atoms with Gasteiger partial charge in [-0.3, -0.25) is 4.79 Å². The Morgan fingerprint density at radius 3 is 3.30 bits per heavy atom. The Kier molecular flexibility index (Phi) is 3.02. The Balaban J connectivity index is 2.25. The minimum atomic E-state index is -0.0590. The van der Waals surface area contributed by atoms with Crippen LogP contribution in [0.5, 0.6) is 0 Å². The molecule has 3 nitrogen and oxygen atoms in total. The van der Waals surface area contributed by atoms with Gasteiger partial charge in [0.15, 0.2) is 0 Å². The third-order valence-electron chi connectivity index (χ3n) is 1.19. The molecule has 0 aliphatic carbocycles. The second-order valence-corrected chi connectivity index (χ2v) is 3.06. The van der Waals surface area contributed by atoms with Crippen LogP contribution in [-0.4, -0.2) is 30.2 Å². The predicted octanol–water partition coefficient (Wildman–Crippen LogP) is 0.212. The first-order valence-electron chi connectivity index (χ1n) is 3.31. The number of carbonyl (C=O) groups excluding carboxylic acids is 1. The quantitative estimate of drug-likeness (QED) is 0.629.